The van der Waals surface area contributed by atoms with Gasteiger partial charge in [0.15, 0.2) is 0 Å². The topological polar surface area (TPSA) is 24.5 Å². The predicted octanol–water partition coefficient (Wildman–Crippen LogP) is 2.41. The molecule has 1 saturated carbocycles. The Bertz CT molecular complexity index is 318. The molecule has 0 bridgehead atoms. The fourth-order valence-electron chi connectivity index (χ4n) is 4.11. The van der Waals surface area contributed by atoms with Crippen LogP contribution in [0.4, 0.5) is 0 Å². The third kappa shape index (κ3) is 2.84. The summed E-state index contributed by atoms with van der Waals surface area (Å²) in [6.07, 6.45) is 7.01. The van der Waals surface area contributed by atoms with Crippen molar-refractivity contribution < 1.29 is 4.74 Å². The lowest BCUT2D eigenvalue weighted by Gasteiger charge is -2.51. The average molecular weight is 266 g/mol. The molecule has 0 aromatic carbocycles. The van der Waals surface area contributed by atoms with E-state index in [1.165, 1.54) is 45.2 Å². The van der Waals surface area contributed by atoms with Crippen molar-refractivity contribution in [2.24, 2.45) is 5.92 Å². The predicted molar refractivity (Wildman–Crippen MR) is 78.4 cm³/mol. The van der Waals surface area contributed by atoms with Crippen LogP contribution in [0.5, 0.6) is 0 Å². The summed E-state index contributed by atoms with van der Waals surface area (Å²) in [5.41, 5.74) is 0.368. The van der Waals surface area contributed by atoms with Gasteiger partial charge in [-0.15, -0.1) is 0 Å². The van der Waals surface area contributed by atoms with Crippen molar-refractivity contribution in [1.82, 2.24) is 10.2 Å². The summed E-state index contributed by atoms with van der Waals surface area (Å²) in [4.78, 5) is 2.83. The second kappa shape index (κ2) is 5.34. The lowest BCUT2D eigenvalue weighted by Crippen LogP contribution is -2.66. The highest BCUT2D eigenvalue weighted by Gasteiger charge is 2.47. The molecule has 0 aromatic rings. The first-order chi connectivity index (χ1) is 9.12. The molecule has 2 heterocycles. The smallest absolute Gasteiger partial charge is 0.0561 e. The van der Waals surface area contributed by atoms with Crippen LogP contribution in [0, 0.1) is 5.92 Å². The molecule has 0 amide bonds. The zero-order valence-electron chi connectivity index (χ0n) is 12.8. The largest absolute Gasteiger partial charge is 0.378 e. The molecule has 3 rings (SSSR count). The van der Waals surface area contributed by atoms with E-state index in [0.717, 1.165) is 24.6 Å². The zero-order valence-corrected chi connectivity index (χ0v) is 12.8. The Morgan fingerprint density at radius 1 is 1.32 bits per heavy atom. The average Bonchev–Trinajstić information content (AvgIpc) is 3.23. The van der Waals surface area contributed by atoms with Crippen LogP contribution >= 0.6 is 0 Å². The highest BCUT2D eigenvalue weighted by atomic mass is 16.5. The first-order valence-electron chi connectivity index (χ1n) is 8.24. The maximum atomic E-state index is 5.74. The van der Waals surface area contributed by atoms with Gasteiger partial charge >= 0.3 is 0 Å². The molecule has 3 fully saturated rings. The first-order valence-corrected chi connectivity index (χ1v) is 8.24. The third-order valence-corrected chi connectivity index (χ3v) is 5.60. The molecule has 3 heteroatoms. The molecule has 0 radical (unpaired) electrons. The second-order valence-corrected chi connectivity index (χ2v) is 7.17. The molecule has 19 heavy (non-hydrogen) atoms. The third-order valence-electron chi connectivity index (χ3n) is 5.60. The van der Waals surface area contributed by atoms with Crippen LogP contribution in [-0.2, 0) is 4.74 Å². The molecule has 1 N–H and O–H groups in total. The van der Waals surface area contributed by atoms with E-state index in [0.29, 0.717) is 11.6 Å². The monoisotopic (exact) mass is 266 g/mol. The minimum atomic E-state index is 0.368. The molecule has 4 atom stereocenters. The van der Waals surface area contributed by atoms with E-state index >= 15 is 0 Å². The van der Waals surface area contributed by atoms with Crippen LogP contribution < -0.4 is 5.32 Å². The Hall–Kier alpha value is -0.120. The van der Waals surface area contributed by atoms with Crippen molar-refractivity contribution in [3.05, 3.63) is 0 Å². The Morgan fingerprint density at radius 2 is 2.11 bits per heavy atom. The lowest BCUT2D eigenvalue weighted by atomic mass is 9.87. The number of nitrogens with one attached hydrogen (secondary N) is 1. The first kappa shape index (κ1) is 13.8. The summed E-state index contributed by atoms with van der Waals surface area (Å²) in [5.74, 6) is 0.921. The SMILES string of the molecule is CCC1CNC(C)(C2CC2)CN1C1CCOC(C)C1. The van der Waals surface area contributed by atoms with Crippen LogP contribution in [-0.4, -0.2) is 48.3 Å². The zero-order chi connectivity index (χ0) is 13.5. The summed E-state index contributed by atoms with van der Waals surface area (Å²) in [6, 6.07) is 1.47. The molecule has 2 saturated heterocycles. The van der Waals surface area contributed by atoms with Gasteiger partial charge in [0.1, 0.15) is 0 Å². The molecule has 4 unspecified atom stereocenters. The number of ether oxygens (including phenoxy) is 1. The molecular weight excluding hydrogens is 236 g/mol. The highest BCUT2D eigenvalue weighted by molar-refractivity contribution is 5.05. The van der Waals surface area contributed by atoms with E-state index in [1.807, 2.05) is 0 Å². The van der Waals surface area contributed by atoms with Crippen LogP contribution in [0.25, 0.3) is 0 Å². The maximum absolute atomic E-state index is 5.74. The molecule has 3 nitrogen and oxygen atoms in total. The summed E-state index contributed by atoms with van der Waals surface area (Å²) in [7, 11) is 0. The summed E-state index contributed by atoms with van der Waals surface area (Å²) >= 11 is 0. The standard InChI is InChI=1S/C16H30N2O/c1-4-14-10-17-16(3,13-5-6-13)11-18(14)15-7-8-19-12(2)9-15/h12-15,17H,4-11H2,1-3H3. The minimum Gasteiger partial charge on any atom is -0.378 e. The Labute approximate surface area is 118 Å². The normalized spacial score (nSPS) is 45.3. The van der Waals surface area contributed by atoms with Gasteiger partial charge in [-0.25, -0.2) is 0 Å². The summed E-state index contributed by atoms with van der Waals surface area (Å²) < 4.78 is 5.74. The highest BCUT2D eigenvalue weighted by Crippen LogP contribution is 2.42. The lowest BCUT2D eigenvalue weighted by molar-refractivity contribution is -0.0489. The van der Waals surface area contributed by atoms with E-state index in [-0.39, 0.29) is 0 Å². The van der Waals surface area contributed by atoms with E-state index in [9.17, 15) is 0 Å². The van der Waals surface area contributed by atoms with Crippen LogP contribution in [0.15, 0.2) is 0 Å². The van der Waals surface area contributed by atoms with Crippen LogP contribution in [0.1, 0.15) is 52.9 Å². The van der Waals surface area contributed by atoms with Crippen molar-refractivity contribution in [2.45, 2.75) is 76.6 Å². The number of hydrogen-bond donors (Lipinski definition) is 1. The van der Waals surface area contributed by atoms with Gasteiger partial charge in [0, 0.05) is 37.3 Å². The Balaban J connectivity index is 1.71. The van der Waals surface area contributed by atoms with Crippen LogP contribution in [0.3, 0.4) is 0 Å². The van der Waals surface area contributed by atoms with Gasteiger partial charge in [0.25, 0.3) is 0 Å². The van der Waals surface area contributed by atoms with Gasteiger partial charge in [0.2, 0.25) is 0 Å². The molecule has 0 spiro atoms. The van der Waals surface area contributed by atoms with Crippen LogP contribution in [0.2, 0.25) is 0 Å². The van der Waals surface area contributed by atoms with Gasteiger partial charge in [0.05, 0.1) is 6.10 Å². The van der Waals surface area contributed by atoms with Gasteiger partial charge in [-0.05, 0) is 51.9 Å². The van der Waals surface area contributed by atoms with E-state index in [4.69, 9.17) is 4.74 Å². The van der Waals surface area contributed by atoms with Crippen molar-refractivity contribution in [3.8, 4) is 0 Å². The molecule has 2 aliphatic heterocycles. The number of rotatable bonds is 3. The number of nitrogens with zero attached hydrogens (tertiary/aromatic N) is 1. The quantitative estimate of drug-likeness (QED) is 0.849. The summed E-state index contributed by atoms with van der Waals surface area (Å²) in [5, 5.41) is 3.87. The fraction of sp³-hybridized carbons (Fsp3) is 1.00. The van der Waals surface area contributed by atoms with Gasteiger partial charge in [-0.3, -0.25) is 4.90 Å². The molecule has 110 valence electrons. The Morgan fingerprint density at radius 3 is 2.74 bits per heavy atom. The van der Waals surface area contributed by atoms with E-state index in [1.54, 1.807) is 0 Å². The second-order valence-electron chi connectivity index (χ2n) is 7.17. The fourth-order valence-corrected chi connectivity index (χ4v) is 4.11. The maximum Gasteiger partial charge on any atom is 0.0561 e. The number of piperazine rings is 1. The van der Waals surface area contributed by atoms with Gasteiger partial charge in [-0.1, -0.05) is 6.92 Å². The molecule has 0 aromatic heterocycles. The van der Waals surface area contributed by atoms with Crippen molar-refractivity contribution >= 4 is 0 Å². The van der Waals surface area contributed by atoms with E-state index in [2.05, 4.69) is 31.0 Å². The Kier molecular flexibility index (Phi) is 3.89. The van der Waals surface area contributed by atoms with E-state index < -0.39 is 0 Å². The molecule has 3 aliphatic rings. The van der Waals surface area contributed by atoms with Gasteiger partial charge in [-0.2, -0.15) is 0 Å². The van der Waals surface area contributed by atoms with Crippen molar-refractivity contribution in [3.63, 3.8) is 0 Å². The van der Waals surface area contributed by atoms with Gasteiger partial charge < -0.3 is 10.1 Å². The molecule has 1 aliphatic carbocycles. The summed E-state index contributed by atoms with van der Waals surface area (Å²) in [6.45, 7) is 10.4. The van der Waals surface area contributed by atoms with Crippen molar-refractivity contribution in [1.29, 1.82) is 0 Å². The molecular formula is C16H30N2O. The van der Waals surface area contributed by atoms with Crippen molar-refractivity contribution in [2.75, 3.05) is 19.7 Å². The minimum absolute atomic E-state index is 0.368. The number of hydrogen-bond acceptors (Lipinski definition) is 3.